The Morgan fingerprint density at radius 3 is 2.33 bits per heavy atom. The van der Waals surface area contributed by atoms with Crippen molar-refractivity contribution < 1.29 is 5.11 Å². The molecule has 0 aliphatic heterocycles. The molecule has 0 saturated heterocycles. The minimum Gasteiger partial charge on any atom is -0.396 e. The summed E-state index contributed by atoms with van der Waals surface area (Å²) in [5.41, 5.74) is 0. The Morgan fingerprint density at radius 2 is 1.78 bits per heavy atom. The van der Waals surface area contributed by atoms with E-state index in [9.17, 15) is 5.11 Å². The number of hydrogen-bond donors (Lipinski definition) is 2. The molecule has 0 heterocycles. The molecule has 2 N–H and O–H groups in total. The van der Waals surface area contributed by atoms with Gasteiger partial charge in [0, 0.05) is 12.6 Å². The van der Waals surface area contributed by atoms with Crippen LogP contribution >= 0.6 is 0 Å². The third-order valence-corrected chi connectivity index (χ3v) is 4.85. The maximum atomic E-state index is 9.44. The Balaban J connectivity index is 2.31. The Hall–Kier alpha value is -0.0800. The Kier molecular flexibility index (Phi) is 7.92. The molecule has 0 bridgehead atoms. The predicted octanol–water partition coefficient (Wildman–Crippen LogP) is 3.59. The standard InChI is InChI=1S/C16H33NO/c1-4-13(3)10-16(5-2)17-11-14-8-6-7-9-15(14)12-18/h13-18H,4-12H2,1-3H3. The number of rotatable bonds is 8. The largest absolute Gasteiger partial charge is 0.396 e. The summed E-state index contributed by atoms with van der Waals surface area (Å²) < 4.78 is 0. The zero-order valence-corrected chi connectivity index (χ0v) is 12.6. The quantitative estimate of drug-likeness (QED) is 0.695. The molecule has 1 saturated carbocycles. The van der Waals surface area contributed by atoms with Gasteiger partial charge in [0.1, 0.15) is 0 Å². The molecule has 2 nitrogen and oxygen atoms in total. The van der Waals surface area contributed by atoms with E-state index in [1.54, 1.807) is 0 Å². The summed E-state index contributed by atoms with van der Waals surface area (Å²) in [5.74, 6) is 2.07. The number of aliphatic hydroxyl groups is 1. The van der Waals surface area contributed by atoms with E-state index in [-0.39, 0.29) is 0 Å². The van der Waals surface area contributed by atoms with Crippen molar-refractivity contribution in [1.82, 2.24) is 5.32 Å². The van der Waals surface area contributed by atoms with Crippen molar-refractivity contribution in [3.63, 3.8) is 0 Å². The van der Waals surface area contributed by atoms with Gasteiger partial charge in [-0.25, -0.2) is 0 Å². The van der Waals surface area contributed by atoms with Crippen LogP contribution in [0.1, 0.15) is 65.7 Å². The predicted molar refractivity (Wildman–Crippen MR) is 78.7 cm³/mol. The lowest BCUT2D eigenvalue weighted by Crippen LogP contribution is -2.38. The molecule has 0 aromatic carbocycles. The Morgan fingerprint density at radius 1 is 1.11 bits per heavy atom. The van der Waals surface area contributed by atoms with Crippen molar-refractivity contribution in [3.8, 4) is 0 Å². The van der Waals surface area contributed by atoms with Crippen molar-refractivity contribution in [2.24, 2.45) is 17.8 Å². The van der Waals surface area contributed by atoms with Gasteiger partial charge in [0.2, 0.25) is 0 Å². The molecule has 0 aromatic rings. The van der Waals surface area contributed by atoms with Crippen molar-refractivity contribution in [3.05, 3.63) is 0 Å². The molecular formula is C16H33NO. The first-order valence-electron chi connectivity index (χ1n) is 8.05. The fourth-order valence-corrected chi connectivity index (χ4v) is 3.16. The van der Waals surface area contributed by atoms with Crippen molar-refractivity contribution in [2.75, 3.05) is 13.2 Å². The van der Waals surface area contributed by atoms with Gasteiger partial charge in [0.25, 0.3) is 0 Å². The summed E-state index contributed by atoms with van der Waals surface area (Å²) in [4.78, 5) is 0. The van der Waals surface area contributed by atoms with E-state index < -0.39 is 0 Å². The molecule has 4 unspecified atom stereocenters. The number of hydrogen-bond acceptors (Lipinski definition) is 2. The second-order valence-electron chi connectivity index (χ2n) is 6.25. The summed E-state index contributed by atoms with van der Waals surface area (Å²) in [6, 6.07) is 0.668. The van der Waals surface area contributed by atoms with Crippen LogP contribution in [0.5, 0.6) is 0 Å². The van der Waals surface area contributed by atoms with Crippen LogP contribution in [-0.2, 0) is 0 Å². The van der Waals surface area contributed by atoms with E-state index in [0.717, 1.165) is 12.5 Å². The highest BCUT2D eigenvalue weighted by Gasteiger charge is 2.24. The summed E-state index contributed by atoms with van der Waals surface area (Å²) >= 11 is 0. The molecule has 0 aromatic heterocycles. The lowest BCUT2D eigenvalue weighted by Gasteiger charge is -2.32. The highest BCUT2D eigenvalue weighted by atomic mass is 16.3. The monoisotopic (exact) mass is 255 g/mol. The second-order valence-corrected chi connectivity index (χ2v) is 6.25. The van der Waals surface area contributed by atoms with Crippen LogP contribution < -0.4 is 5.32 Å². The Labute approximate surface area is 114 Å². The van der Waals surface area contributed by atoms with Gasteiger partial charge in [-0.15, -0.1) is 0 Å². The molecule has 4 atom stereocenters. The van der Waals surface area contributed by atoms with Gasteiger partial charge in [0.05, 0.1) is 0 Å². The molecule has 0 spiro atoms. The van der Waals surface area contributed by atoms with E-state index in [4.69, 9.17) is 0 Å². The third-order valence-electron chi connectivity index (χ3n) is 4.85. The van der Waals surface area contributed by atoms with Crippen LogP contribution in [0.4, 0.5) is 0 Å². The smallest absolute Gasteiger partial charge is 0.0462 e. The molecule has 1 aliphatic rings. The molecule has 18 heavy (non-hydrogen) atoms. The van der Waals surface area contributed by atoms with Gasteiger partial charge in [-0.05, 0) is 50.0 Å². The first-order chi connectivity index (χ1) is 8.71. The van der Waals surface area contributed by atoms with Crippen LogP contribution in [0, 0.1) is 17.8 Å². The first-order valence-corrected chi connectivity index (χ1v) is 8.05. The van der Waals surface area contributed by atoms with Crippen LogP contribution in [0.15, 0.2) is 0 Å². The lowest BCUT2D eigenvalue weighted by atomic mass is 9.79. The van der Waals surface area contributed by atoms with E-state index in [1.807, 2.05) is 0 Å². The molecule has 1 fully saturated rings. The van der Waals surface area contributed by atoms with Gasteiger partial charge in [-0.1, -0.05) is 40.0 Å². The zero-order valence-electron chi connectivity index (χ0n) is 12.6. The van der Waals surface area contributed by atoms with Crippen LogP contribution in [0.25, 0.3) is 0 Å². The average molecular weight is 255 g/mol. The van der Waals surface area contributed by atoms with Gasteiger partial charge in [-0.2, -0.15) is 0 Å². The molecule has 2 heteroatoms. The van der Waals surface area contributed by atoms with Crippen molar-refractivity contribution >= 4 is 0 Å². The third kappa shape index (κ3) is 5.27. The molecule has 1 aliphatic carbocycles. The fraction of sp³-hybridized carbons (Fsp3) is 1.00. The molecule has 0 radical (unpaired) electrons. The second kappa shape index (κ2) is 8.92. The topological polar surface area (TPSA) is 32.3 Å². The van der Waals surface area contributed by atoms with Gasteiger partial charge in [-0.3, -0.25) is 0 Å². The summed E-state index contributed by atoms with van der Waals surface area (Å²) in [6.45, 7) is 8.40. The molecule has 0 amide bonds. The Bertz CT molecular complexity index is 207. The van der Waals surface area contributed by atoms with Crippen molar-refractivity contribution in [1.29, 1.82) is 0 Å². The van der Waals surface area contributed by atoms with Gasteiger partial charge in [0.15, 0.2) is 0 Å². The maximum Gasteiger partial charge on any atom is 0.0462 e. The zero-order chi connectivity index (χ0) is 13.4. The summed E-state index contributed by atoms with van der Waals surface area (Å²) in [5, 5.41) is 13.2. The van der Waals surface area contributed by atoms with Crippen molar-refractivity contribution in [2.45, 2.75) is 71.8 Å². The van der Waals surface area contributed by atoms with E-state index >= 15 is 0 Å². The van der Waals surface area contributed by atoms with Crippen LogP contribution in [-0.4, -0.2) is 24.3 Å². The molecule has 1 rings (SSSR count). The van der Waals surface area contributed by atoms with E-state index in [1.165, 1.54) is 44.9 Å². The fourth-order valence-electron chi connectivity index (χ4n) is 3.16. The minimum atomic E-state index is 0.383. The molecular weight excluding hydrogens is 222 g/mol. The summed E-state index contributed by atoms with van der Waals surface area (Å²) in [6.07, 6.45) is 8.99. The lowest BCUT2D eigenvalue weighted by molar-refractivity contribution is 0.130. The van der Waals surface area contributed by atoms with Crippen LogP contribution in [0.3, 0.4) is 0 Å². The normalized spacial score (nSPS) is 28.0. The maximum absolute atomic E-state index is 9.44. The minimum absolute atomic E-state index is 0.383. The van der Waals surface area contributed by atoms with Crippen LogP contribution in [0.2, 0.25) is 0 Å². The first kappa shape index (κ1) is 16.0. The average Bonchev–Trinajstić information content (AvgIpc) is 2.43. The van der Waals surface area contributed by atoms with E-state index in [2.05, 4.69) is 26.1 Å². The van der Waals surface area contributed by atoms with Gasteiger partial charge < -0.3 is 10.4 Å². The highest BCUT2D eigenvalue weighted by molar-refractivity contribution is 4.78. The SMILES string of the molecule is CCC(C)CC(CC)NCC1CCCCC1CO. The van der Waals surface area contributed by atoms with Gasteiger partial charge >= 0.3 is 0 Å². The number of aliphatic hydroxyl groups excluding tert-OH is 1. The summed E-state index contributed by atoms with van der Waals surface area (Å²) in [7, 11) is 0. The highest BCUT2D eigenvalue weighted by Crippen LogP contribution is 2.29. The number of nitrogens with one attached hydrogen (secondary N) is 1. The van der Waals surface area contributed by atoms with E-state index in [0.29, 0.717) is 24.5 Å². The molecule has 108 valence electrons.